The lowest BCUT2D eigenvalue weighted by Crippen LogP contribution is -2.10. The molecule has 0 fully saturated rings. The molecule has 3 rings (SSSR count). The number of phenolic OH excluding ortho intramolecular Hbond substituents is 2. The maximum Gasteiger partial charge on any atom is 0.121 e. The second-order valence-electron chi connectivity index (χ2n) is 7.61. The van der Waals surface area contributed by atoms with Gasteiger partial charge >= 0.3 is 0 Å². The number of phenols is 2. The van der Waals surface area contributed by atoms with E-state index in [0.29, 0.717) is 11.5 Å². The van der Waals surface area contributed by atoms with Crippen LogP contribution in [-0.4, -0.2) is 10.2 Å². The molecule has 0 heterocycles. The molecule has 27 heavy (non-hydrogen) atoms. The Kier molecular flexibility index (Phi) is 5.01. The molecule has 0 radical (unpaired) electrons. The van der Waals surface area contributed by atoms with Crippen molar-refractivity contribution in [1.29, 1.82) is 0 Å². The third kappa shape index (κ3) is 3.21. The zero-order valence-corrected chi connectivity index (χ0v) is 17.0. The van der Waals surface area contributed by atoms with Crippen LogP contribution in [0.1, 0.15) is 56.0 Å². The number of rotatable bonds is 3. The van der Waals surface area contributed by atoms with Gasteiger partial charge in [-0.2, -0.15) is 0 Å². The summed E-state index contributed by atoms with van der Waals surface area (Å²) in [6.07, 6.45) is 0. The van der Waals surface area contributed by atoms with E-state index in [1.807, 2.05) is 33.8 Å². The van der Waals surface area contributed by atoms with Gasteiger partial charge in [0.15, 0.2) is 0 Å². The lowest BCUT2D eigenvalue weighted by atomic mass is 9.78. The van der Waals surface area contributed by atoms with E-state index in [9.17, 15) is 10.2 Å². The van der Waals surface area contributed by atoms with Crippen LogP contribution in [-0.2, 0) is 0 Å². The van der Waals surface area contributed by atoms with Gasteiger partial charge in [-0.25, -0.2) is 0 Å². The van der Waals surface area contributed by atoms with Crippen LogP contribution in [0, 0.1) is 41.5 Å². The van der Waals surface area contributed by atoms with Gasteiger partial charge in [0.05, 0.1) is 0 Å². The fourth-order valence-corrected chi connectivity index (χ4v) is 3.97. The summed E-state index contributed by atoms with van der Waals surface area (Å²) in [4.78, 5) is 0. The highest BCUT2D eigenvalue weighted by molar-refractivity contribution is 5.58. The molecule has 0 unspecified atom stereocenters. The van der Waals surface area contributed by atoms with Crippen molar-refractivity contribution in [2.24, 2.45) is 0 Å². The summed E-state index contributed by atoms with van der Waals surface area (Å²) in [7, 11) is 0. The second-order valence-corrected chi connectivity index (χ2v) is 7.61. The Bertz CT molecular complexity index is 938. The summed E-state index contributed by atoms with van der Waals surface area (Å²) in [5.41, 5.74) is 9.44. The van der Waals surface area contributed by atoms with Gasteiger partial charge in [0.1, 0.15) is 11.5 Å². The third-order valence-corrected chi connectivity index (χ3v) is 5.95. The first-order valence-electron chi connectivity index (χ1n) is 9.38. The predicted octanol–water partition coefficient (Wildman–Crippen LogP) is 6.13. The van der Waals surface area contributed by atoms with E-state index in [1.54, 1.807) is 0 Å². The van der Waals surface area contributed by atoms with Gasteiger partial charge in [-0.15, -0.1) is 0 Å². The van der Waals surface area contributed by atoms with Gasteiger partial charge in [0, 0.05) is 5.92 Å². The molecule has 3 aromatic carbocycles. The molecule has 2 N–H and O–H groups in total. The molecule has 0 saturated carbocycles. The zero-order valence-electron chi connectivity index (χ0n) is 17.0. The number of hydrogen-bond acceptors (Lipinski definition) is 2. The molecule has 0 saturated heterocycles. The van der Waals surface area contributed by atoms with Crippen LogP contribution in [0.5, 0.6) is 11.5 Å². The van der Waals surface area contributed by atoms with Crippen LogP contribution >= 0.6 is 0 Å². The summed E-state index contributed by atoms with van der Waals surface area (Å²) < 4.78 is 0. The Hall–Kier alpha value is -2.74. The summed E-state index contributed by atoms with van der Waals surface area (Å²) in [6.45, 7) is 12.0. The lowest BCUT2D eigenvalue weighted by molar-refractivity contribution is 0.465. The molecule has 2 heteroatoms. The Morgan fingerprint density at radius 1 is 0.593 bits per heavy atom. The Labute approximate surface area is 162 Å². The molecule has 0 atom stereocenters. The van der Waals surface area contributed by atoms with Crippen LogP contribution in [0.15, 0.2) is 42.5 Å². The molecule has 140 valence electrons. The van der Waals surface area contributed by atoms with E-state index in [4.69, 9.17) is 0 Å². The Balaban J connectivity index is 2.37. The van der Waals surface area contributed by atoms with E-state index in [-0.39, 0.29) is 5.92 Å². The number of hydrogen-bond donors (Lipinski definition) is 2. The van der Waals surface area contributed by atoms with Crippen LogP contribution < -0.4 is 0 Å². The molecule has 2 nitrogen and oxygen atoms in total. The third-order valence-electron chi connectivity index (χ3n) is 5.95. The Morgan fingerprint density at radius 2 is 1.00 bits per heavy atom. The number of aromatic hydroxyl groups is 2. The highest BCUT2D eigenvalue weighted by Gasteiger charge is 2.24. The smallest absolute Gasteiger partial charge is 0.121 e. The van der Waals surface area contributed by atoms with Crippen molar-refractivity contribution in [3.63, 3.8) is 0 Å². The first kappa shape index (κ1) is 19.0. The van der Waals surface area contributed by atoms with Crippen molar-refractivity contribution < 1.29 is 10.2 Å². The zero-order chi connectivity index (χ0) is 19.9. The first-order valence-corrected chi connectivity index (χ1v) is 9.38. The van der Waals surface area contributed by atoms with E-state index in [2.05, 4.69) is 50.2 Å². The van der Waals surface area contributed by atoms with Crippen molar-refractivity contribution in [2.75, 3.05) is 0 Å². The van der Waals surface area contributed by atoms with Crippen LogP contribution in [0.4, 0.5) is 0 Å². The molecule has 0 aliphatic rings. The normalized spacial score (nSPS) is 11.2. The van der Waals surface area contributed by atoms with Crippen LogP contribution in [0.2, 0.25) is 0 Å². The fraction of sp³-hybridized carbons (Fsp3) is 0.280. The summed E-state index contributed by atoms with van der Waals surface area (Å²) >= 11 is 0. The predicted molar refractivity (Wildman–Crippen MR) is 112 cm³/mol. The van der Waals surface area contributed by atoms with Crippen molar-refractivity contribution in [2.45, 2.75) is 47.5 Å². The first-order chi connectivity index (χ1) is 12.7. The van der Waals surface area contributed by atoms with Gasteiger partial charge in [0.25, 0.3) is 0 Å². The molecule has 0 spiro atoms. The van der Waals surface area contributed by atoms with Crippen molar-refractivity contribution in [3.8, 4) is 11.5 Å². The highest BCUT2D eigenvalue weighted by atomic mass is 16.3. The van der Waals surface area contributed by atoms with Gasteiger partial charge in [0.2, 0.25) is 0 Å². The molecule has 0 aliphatic heterocycles. The number of aryl methyl sites for hydroxylation is 2. The minimum atomic E-state index is 0.0437. The van der Waals surface area contributed by atoms with Crippen LogP contribution in [0.3, 0.4) is 0 Å². The Morgan fingerprint density at radius 3 is 1.41 bits per heavy atom. The molecular formula is C25H28O2. The summed E-state index contributed by atoms with van der Waals surface area (Å²) in [6, 6.07) is 14.7. The van der Waals surface area contributed by atoms with Crippen LogP contribution in [0.25, 0.3) is 0 Å². The summed E-state index contributed by atoms with van der Waals surface area (Å²) in [5.74, 6) is 0.790. The molecule has 0 amide bonds. The standard InChI is InChI=1S/C25H28O2/c1-14-12-21(16(3)18(5)24(14)26)23(20-10-8-7-9-11-20)22-13-15(2)25(27)19(6)17(22)4/h7-13,23,26-27H,1-6H3. The van der Waals surface area contributed by atoms with Gasteiger partial charge in [-0.1, -0.05) is 42.5 Å². The number of benzene rings is 3. The van der Waals surface area contributed by atoms with Crippen molar-refractivity contribution in [1.82, 2.24) is 0 Å². The highest BCUT2D eigenvalue weighted by Crippen LogP contribution is 2.41. The average molecular weight is 360 g/mol. The minimum absolute atomic E-state index is 0.0437. The summed E-state index contributed by atoms with van der Waals surface area (Å²) in [5, 5.41) is 20.8. The fourth-order valence-electron chi connectivity index (χ4n) is 3.97. The molecule has 0 bridgehead atoms. The average Bonchev–Trinajstić information content (AvgIpc) is 2.67. The quantitative estimate of drug-likeness (QED) is 0.552. The molecule has 0 aliphatic carbocycles. The lowest BCUT2D eigenvalue weighted by Gasteiger charge is -2.26. The topological polar surface area (TPSA) is 40.5 Å². The maximum atomic E-state index is 10.4. The molecule has 3 aromatic rings. The minimum Gasteiger partial charge on any atom is -0.507 e. The van der Waals surface area contributed by atoms with Crippen molar-refractivity contribution >= 4 is 0 Å². The van der Waals surface area contributed by atoms with E-state index < -0.39 is 0 Å². The maximum absolute atomic E-state index is 10.4. The van der Waals surface area contributed by atoms with Gasteiger partial charge < -0.3 is 10.2 Å². The van der Waals surface area contributed by atoms with E-state index in [0.717, 1.165) is 33.4 Å². The van der Waals surface area contributed by atoms with Crippen molar-refractivity contribution in [3.05, 3.63) is 92.5 Å². The van der Waals surface area contributed by atoms with Gasteiger partial charge in [-0.05, 0) is 91.6 Å². The van der Waals surface area contributed by atoms with E-state index >= 15 is 0 Å². The monoisotopic (exact) mass is 360 g/mol. The SMILES string of the molecule is Cc1cc(C(c2ccccc2)c2cc(C)c(O)c(C)c2C)c(C)c(C)c1O. The van der Waals surface area contributed by atoms with Gasteiger partial charge in [-0.3, -0.25) is 0 Å². The molecular weight excluding hydrogens is 332 g/mol. The largest absolute Gasteiger partial charge is 0.507 e. The molecule has 0 aromatic heterocycles. The second kappa shape index (κ2) is 7.11. The van der Waals surface area contributed by atoms with E-state index in [1.165, 1.54) is 16.7 Å².